The molecule has 1 aromatic carbocycles. The van der Waals surface area contributed by atoms with Crippen LogP contribution in [0.3, 0.4) is 0 Å². The van der Waals surface area contributed by atoms with Crippen molar-refractivity contribution < 1.29 is 4.79 Å². The zero-order valence-corrected chi connectivity index (χ0v) is 10.6. The third kappa shape index (κ3) is 4.23. The van der Waals surface area contributed by atoms with Crippen LogP contribution in [0, 0.1) is 0 Å². The number of benzene rings is 1. The second-order valence-corrected chi connectivity index (χ2v) is 4.38. The smallest absolute Gasteiger partial charge is 0.220 e. The molecule has 0 spiro atoms. The van der Waals surface area contributed by atoms with E-state index < -0.39 is 0 Å². The number of nitrogens with one attached hydrogen (secondary N) is 1. The fourth-order valence-electron chi connectivity index (χ4n) is 1.51. The van der Waals surface area contributed by atoms with Crippen molar-refractivity contribution in [1.82, 2.24) is 5.32 Å². The van der Waals surface area contributed by atoms with Crippen LogP contribution in [0.25, 0.3) is 0 Å². The van der Waals surface area contributed by atoms with Crippen LogP contribution < -0.4 is 5.32 Å². The highest BCUT2D eigenvalue weighted by atomic mass is 35.5. The number of amides is 1. The van der Waals surface area contributed by atoms with E-state index in [4.69, 9.17) is 11.6 Å². The second kappa shape index (κ2) is 6.54. The third-order valence-corrected chi connectivity index (χ3v) is 2.72. The van der Waals surface area contributed by atoms with Crippen molar-refractivity contribution in [3.05, 3.63) is 34.9 Å². The van der Waals surface area contributed by atoms with Gasteiger partial charge in [0.05, 0.1) is 6.04 Å². The normalized spacial score (nSPS) is 12.2. The molecule has 0 aliphatic rings. The van der Waals surface area contributed by atoms with E-state index in [2.05, 4.69) is 12.2 Å². The summed E-state index contributed by atoms with van der Waals surface area (Å²) in [5, 5.41) is 3.66. The lowest BCUT2D eigenvalue weighted by Crippen LogP contribution is -2.26. The van der Waals surface area contributed by atoms with Crippen LogP contribution in [0.2, 0.25) is 5.02 Å². The zero-order chi connectivity index (χ0) is 12.0. The molecule has 0 aliphatic carbocycles. The fourth-order valence-corrected chi connectivity index (χ4v) is 1.71. The van der Waals surface area contributed by atoms with E-state index in [-0.39, 0.29) is 11.9 Å². The van der Waals surface area contributed by atoms with Crippen molar-refractivity contribution in [2.75, 3.05) is 0 Å². The highest BCUT2D eigenvalue weighted by Crippen LogP contribution is 2.17. The monoisotopic (exact) mass is 239 g/mol. The van der Waals surface area contributed by atoms with Crippen molar-refractivity contribution in [3.8, 4) is 0 Å². The first-order chi connectivity index (χ1) is 7.63. The summed E-state index contributed by atoms with van der Waals surface area (Å²) in [5.41, 5.74) is 1.04. The molecule has 0 aliphatic heterocycles. The summed E-state index contributed by atoms with van der Waals surface area (Å²) in [4.78, 5) is 11.5. The average molecular weight is 240 g/mol. The SMILES string of the molecule is CCCCC(=O)NC(C)c1cccc(Cl)c1. The average Bonchev–Trinajstić information content (AvgIpc) is 2.26. The molecule has 1 rings (SSSR count). The number of carbonyl (C=O) groups is 1. The standard InChI is InChI=1S/C13H18ClNO/c1-3-4-8-13(16)15-10(2)11-6-5-7-12(14)9-11/h5-7,9-10H,3-4,8H2,1-2H3,(H,15,16). The van der Waals surface area contributed by atoms with Crippen molar-refractivity contribution in [1.29, 1.82) is 0 Å². The van der Waals surface area contributed by atoms with E-state index in [0.29, 0.717) is 11.4 Å². The second-order valence-electron chi connectivity index (χ2n) is 3.95. The Morgan fingerprint density at radius 1 is 1.50 bits per heavy atom. The summed E-state index contributed by atoms with van der Waals surface area (Å²) in [7, 11) is 0. The highest BCUT2D eigenvalue weighted by molar-refractivity contribution is 6.30. The Hall–Kier alpha value is -1.02. The molecule has 0 fully saturated rings. The van der Waals surface area contributed by atoms with Gasteiger partial charge in [-0.3, -0.25) is 4.79 Å². The molecule has 2 nitrogen and oxygen atoms in total. The molecule has 0 bridgehead atoms. The van der Waals surface area contributed by atoms with Crippen LogP contribution in [0.1, 0.15) is 44.7 Å². The molecule has 0 saturated carbocycles. The molecule has 16 heavy (non-hydrogen) atoms. The Morgan fingerprint density at radius 2 is 2.25 bits per heavy atom. The summed E-state index contributed by atoms with van der Waals surface area (Å²) < 4.78 is 0. The predicted octanol–water partition coefficient (Wildman–Crippen LogP) is 3.71. The Morgan fingerprint density at radius 3 is 2.88 bits per heavy atom. The van der Waals surface area contributed by atoms with Gasteiger partial charge in [-0.15, -0.1) is 0 Å². The first kappa shape index (κ1) is 13.0. The molecule has 3 heteroatoms. The predicted molar refractivity (Wildman–Crippen MR) is 67.5 cm³/mol. The number of rotatable bonds is 5. The summed E-state index contributed by atoms with van der Waals surface area (Å²) in [6.45, 7) is 4.04. The summed E-state index contributed by atoms with van der Waals surface area (Å²) in [6, 6.07) is 7.59. The van der Waals surface area contributed by atoms with E-state index in [1.807, 2.05) is 31.2 Å². The number of hydrogen-bond donors (Lipinski definition) is 1. The molecule has 88 valence electrons. The van der Waals surface area contributed by atoms with Gasteiger partial charge < -0.3 is 5.32 Å². The maximum atomic E-state index is 11.5. The fraction of sp³-hybridized carbons (Fsp3) is 0.462. The quantitative estimate of drug-likeness (QED) is 0.834. The van der Waals surface area contributed by atoms with E-state index in [0.717, 1.165) is 18.4 Å². The van der Waals surface area contributed by atoms with Crippen LogP contribution >= 0.6 is 11.6 Å². The van der Waals surface area contributed by atoms with Crippen LogP contribution in [0.5, 0.6) is 0 Å². The van der Waals surface area contributed by atoms with Gasteiger partial charge in [0, 0.05) is 11.4 Å². The van der Waals surface area contributed by atoms with Crippen molar-refractivity contribution in [2.24, 2.45) is 0 Å². The van der Waals surface area contributed by atoms with Gasteiger partial charge >= 0.3 is 0 Å². The first-order valence-electron chi connectivity index (χ1n) is 5.68. The maximum absolute atomic E-state index is 11.5. The number of unbranched alkanes of at least 4 members (excludes halogenated alkanes) is 1. The molecule has 1 N–H and O–H groups in total. The third-order valence-electron chi connectivity index (χ3n) is 2.48. The van der Waals surface area contributed by atoms with Gasteiger partial charge in [-0.1, -0.05) is 37.1 Å². The van der Waals surface area contributed by atoms with E-state index >= 15 is 0 Å². The molecule has 1 atom stereocenters. The van der Waals surface area contributed by atoms with Gasteiger partial charge in [0.25, 0.3) is 0 Å². The summed E-state index contributed by atoms with van der Waals surface area (Å²) in [6.07, 6.45) is 2.58. The summed E-state index contributed by atoms with van der Waals surface area (Å²) in [5.74, 6) is 0.106. The van der Waals surface area contributed by atoms with Gasteiger partial charge in [0.1, 0.15) is 0 Å². The minimum Gasteiger partial charge on any atom is -0.350 e. The molecule has 1 amide bonds. The van der Waals surface area contributed by atoms with Gasteiger partial charge in [-0.05, 0) is 31.0 Å². The number of hydrogen-bond acceptors (Lipinski definition) is 1. The van der Waals surface area contributed by atoms with Gasteiger partial charge in [-0.2, -0.15) is 0 Å². The molecule has 1 aromatic rings. The summed E-state index contributed by atoms with van der Waals surface area (Å²) >= 11 is 5.90. The largest absolute Gasteiger partial charge is 0.350 e. The Labute approximate surface area is 102 Å². The zero-order valence-electron chi connectivity index (χ0n) is 9.79. The van der Waals surface area contributed by atoms with Gasteiger partial charge in [0.15, 0.2) is 0 Å². The topological polar surface area (TPSA) is 29.1 Å². The molecule has 0 heterocycles. The molecule has 0 aromatic heterocycles. The Kier molecular flexibility index (Phi) is 5.33. The minimum atomic E-state index is 0.0167. The van der Waals surface area contributed by atoms with Gasteiger partial charge in [-0.25, -0.2) is 0 Å². The van der Waals surface area contributed by atoms with E-state index in [1.54, 1.807) is 0 Å². The van der Waals surface area contributed by atoms with Crippen LogP contribution in [0.4, 0.5) is 0 Å². The minimum absolute atomic E-state index is 0.0167. The molecule has 1 unspecified atom stereocenters. The van der Waals surface area contributed by atoms with Crippen LogP contribution in [-0.4, -0.2) is 5.91 Å². The number of halogens is 1. The lowest BCUT2D eigenvalue weighted by molar-refractivity contribution is -0.121. The van der Waals surface area contributed by atoms with Crippen LogP contribution in [0.15, 0.2) is 24.3 Å². The molecule has 0 radical (unpaired) electrons. The molecular formula is C13H18ClNO. The number of carbonyl (C=O) groups excluding carboxylic acids is 1. The van der Waals surface area contributed by atoms with E-state index in [1.165, 1.54) is 0 Å². The van der Waals surface area contributed by atoms with Crippen molar-refractivity contribution in [3.63, 3.8) is 0 Å². The lowest BCUT2D eigenvalue weighted by atomic mass is 10.1. The van der Waals surface area contributed by atoms with Crippen molar-refractivity contribution in [2.45, 2.75) is 39.2 Å². The van der Waals surface area contributed by atoms with Crippen molar-refractivity contribution >= 4 is 17.5 Å². The van der Waals surface area contributed by atoms with Gasteiger partial charge in [0.2, 0.25) is 5.91 Å². The lowest BCUT2D eigenvalue weighted by Gasteiger charge is -2.14. The molecule has 0 saturated heterocycles. The Bertz CT molecular complexity index is 352. The molecular weight excluding hydrogens is 222 g/mol. The maximum Gasteiger partial charge on any atom is 0.220 e. The van der Waals surface area contributed by atoms with E-state index in [9.17, 15) is 4.79 Å². The highest BCUT2D eigenvalue weighted by Gasteiger charge is 2.08. The first-order valence-corrected chi connectivity index (χ1v) is 6.06. The Balaban J connectivity index is 2.52. The van der Waals surface area contributed by atoms with Crippen LogP contribution in [-0.2, 0) is 4.79 Å².